The van der Waals surface area contributed by atoms with Crippen molar-refractivity contribution in [2.75, 3.05) is 19.3 Å². The first kappa shape index (κ1) is 8.14. The van der Waals surface area contributed by atoms with Gasteiger partial charge in [-0.05, 0) is 6.17 Å². The highest BCUT2D eigenvalue weighted by atomic mass is 28.3. The largest absolute Gasteiger partial charge is 0.329 e. The molecule has 0 rings (SSSR count). The van der Waals surface area contributed by atoms with Crippen molar-refractivity contribution < 1.29 is 0 Å². The van der Waals surface area contributed by atoms with E-state index in [1.54, 1.807) is 0 Å². The summed E-state index contributed by atoms with van der Waals surface area (Å²) in [7, 11) is -0.0738. The molecule has 3 heteroatoms. The van der Waals surface area contributed by atoms with Crippen LogP contribution in [-0.4, -0.2) is 28.1 Å². The molecule has 0 aromatic heterocycles. The second-order valence-electron chi connectivity index (χ2n) is 2.17. The van der Waals surface area contributed by atoms with Crippen molar-refractivity contribution in [3.05, 3.63) is 0 Å². The summed E-state index contributed by atoms with van der Waals surface area (Å²) in [5, 5.41) is 3.25. The van der Waals surface area contributed by atoms with Crippen molar-refractivity contribution in [1.82, 2.24) is 5.32 Å². The Bertz CT molecular complexity index is 47.7. The third-order valence-corrected chi connectivity index (χ3v) is 1.76. The average molecular weight is 131 g/mol. The fourth-order valence-electron chi connectivity index (χ4n) is 0.440. The third kappa shape index (κ3) is 6.14. The Morgan fingerprint density at radius 3 is 2.50 bits per heavy atom. The lowest BCUT2D eigenvalue weighted by atomic mass is 10.7. The molecule has 0 aliphatic heterocycles. The normalized spacial score (nSPS) is 10.5. The fourth-order valence-corrected chi connectivity index (χ4v) is 1.12. The van der Waals surface area contributed by atoms with Crippen LogP contribution in [0.1, 0.15) is 0 Å². The van der Waals surface area contributed by atoms with Crippen LogP contribution >= 0.6 is 0 Å². The van der Waals surface area contributed by atoms with E-state index in [2.05, 4.69) is 18.4 Å². The molecule has 2 nitrogen and oxygen atoms in total. The highest BCUT2D eigenvalue weighted by molar-refractivity contribution is 6.55. The molecule has 0 heterocycles. The summed E-state index contributed by atoms with van der Waals surface area (Å²) in [6, 6.07) is 0. The minimum absolute atomic E-state index is 0.0738. The van der Waals surface area contributed by atoms with Gasteiger partial charge in [0.25, 0.3) is 0 Å². The smallest absolute Gasteiger partial charge is 0.0581 e. The van der Waals surface area contributed by atoms with Gasteiger partial charge in [-0.1, -0.05) is 13.1 Å². The summed E-state index contributed by atoms with van der Waals surface area (Å²) in [4.78, 5) is 0. The summed E-state index contributed by atoms with van der Waals surface area (Å²) in [5.41, 5.74) is 5.26. The zero-order valence-corrected chi connectivity index (χ0v) is 6.70. The number of hydrogen-bond acceptors (Lipinski definition) is 2. The summed E-state index contributed by atoms with van der Waals surface area (Å²) in [5.74, 6) is 0. The topological polar surface area (TPSA) is 38.0 Å². The first-order valence-corrected chi connectivity index (χ1v) is 5.68. The Balaban J connectivity index is 2.72. The summed E-state index contributed by atoms with van der Waals surface area (Å²) in [6.45, 7) is 6.30. The van der Waals surface area contributed by atoms with Crippen molar-refractivity contribution in [2.45, 2.75) is 13.1 Å². The van der Waals surface area contributed by atoms with Crippen LogP contribution in [0.3, 0.4) is 0 Å². The molecule has 0 atom stereocenters. The van der Waals surface area contributed by atoms with Crippen LogP contribution in [0.5, 0.6) is 0 Å². The van der Waals surface area contributed by atoms with Crippen molar-refractivity contribution >= 4 is 8.80 Å². The molecule has 0 aromatic carbocycles. The average Bonchev–Trinajstić information content (AvgIpc) is 1.66. The molecular weight excluding hydrogens is 116 g/mol. The van der Waals surface area contributed by atoms with Crippen molar-refractivity contribution in [3.63, 3.8) is 0 Å². The van der Waals surface area contributed by atoms with Gasteiger partial charge in [-0.3, -0.25) is 0 Å². The summed E-state index contributed by atoms with van der Waals surface area (Å²) in [6.07, 6.45) is 1.18. The predicted octanol–water partition coefficient (Wildman–Crippen LogP) is -0.172. The summed E-state index contributed by atoms with van der Waals surface area (Å²) >= 11 is 0. The van der Waals surface area contributed by atoms with Gasteiger partial charge in [-0.25, -0.2) is 0 Å². The Hall–Kier alpha value is 0.137. The van der Waals surface area contributed by atoms with E-state index >= 15 is 0 Å². The molecule has 0 unspecified atom stereocenters. The van der Waals surface area contributed by atoms with E-state index in [0.717, 1.165) is 13.1 Å². The van der Waals surface area contributed by atoms with Crippen molar-refractivity contribution in [1.29, 1.82) is 0 Å². The molecule has 1 radical (unpaired) electrons. The minimum Gasteiger partial charge on any atom is -0.329 e. The maximum atomic E-state index is 5.26. The van der Waals surface area contributed by atoms with E-state index in [4.69, 9.17) is 5.73 Å². The van der Waals surface area contributed by atoms with Gasteiger partial charge in [0.15, 0.2) is 0 Å². The van der Waals surface area contributed by atoms with E-state index in [0.29, 0.717) is 0 Å². The third-order valence-electron chi connectivity index (χ3n) is 0.800. The van der Waals surface area contributed by atoms with Gasteiger partial charge in [-0.2, -0.15) is 0 Å². The number of nitrogens with two attached hydrogens (primary N) is 1. The maximum Gasteiger partial charge on any atom is 0.0581 e. The molecule has 49 valence electrons. The molecule has 0 saturated heterocycles. The molecule has 0 aliphatic carbocycles. The highest BCUT2D eigenvalue weighted by Gasteiger charge is 1.91. The standard InChI is InChI=1S/C5H15N2Si/c1-8(2)5-7-4-3-6/h7H,3-6H2,1-2H3. The fraction of sp³-hybridized carbons (Fsp3) is 1.00. The Kier molecular flexibility index (Phi) is 5.37. The van der Waals surface area contributed by atoms with Crippen LogP contribution < -0.4 is 11.1 Å². The Morgan fingerprint density at radius 1 is 1.50 bits per heavy atom. The lowest BCUT2D eigenvalue weighted by Crippen LogP contribution is -2.30. The molecule has 0 saturated carbocycles. The van der Waals surface area contributed by atoms with E-state index in [-0.39, 0.29) is 8.80 Å². The molecule has 0 bridgehead atoms. The van der Waals surface area contributed by atoms with Crippen LogP contribution in [0.25, 0.3) is 0 Å². The van der Waals surface area contributed by atoms with Crippen LogP contribution in [0.15, 0.2) is 0 Å². The number of hydrogen-bond donors (Lipinski definition) is 2. The van der Waals surface area contributed by atoms with Gasteiger partial charge < -0.3 is 11.1 Å². The lowest BCUT2D eigenvalue weighted by molar-refractivity contribution is 0.773. The molecule has 0 spiro atoms. The van der Waals surface area contributed by atoms with Crippen molar-refractivity contribution in [3.8, 4) is 0 Å². The second kappa shape index (κ2) is 5.28. The first-order valence-electron chi connectivity index (χ1n) is 2.97. The van der Waals surface area contributed by atoms with Crippen LogP contribution in [-0.2, 0) is 0 Å². The predicted molar refractivity (Wildman–Crippen MR) is 39.4 cm³/mol. The molecule has 0 aromatic rings. The molecule has 0 amide bonds. The van der Waals surface area contributed by atoms with Crippen LogP contribution in [0.4, 0.5) is 0 Å². The lowest BCUT2D eigenvalue weighted by Gasteiger charge is -2.02. The second-order valence-corrected chi connectivity index (χ2v) is 4.94. The number of nitrogens with one attached hydrogen (secondary N) is 1. The molecule has 0 fully saturated rings. The zero-order chi connectivity index (χ0) is 6.41. The number of rotatable bonds is 4. The molecule has 0 aliphatic rings. The van der Waals surface area contributed by atoms with Gasteiger partial charge in [0.05, 0.1) is 8.80 Å². The zero-order valence-electron chi connectivity index (χ0n) is 5.70. The molecule has 3 N–H and O–H groups in total. The van der Waals surface area contributed by atoms with Gasteiger partial charge in [-0.15, -0.1) is 0 Å². The van der Waals surface area contributed by atoms with Gasteiger partial charge in [0, 0.05) is 13.1 Å². The highest BCUT2D eigenvalue weighted by Crippen LogP contribution is 1.72. The van der Waals surface area contributed by atoms with E-state index < -0.39 is 0 Å². The maximum absolute atomic E-state index is 5.26. The molecule has 8 heavy (non-hydrogen) atoms. The SMILES string of the molecule is C[Si](C)CNCCN. The van der Waals surface area contributed by atoms with Gasteiger partial charge >= 0.3 is 0 Å². The van der Waals surface area contributed by atoms with Gasteiger partial charge in [0.1, 0.15) is 0 Å². The van der Waals surface area contributed by atoms with E-state index in [1.165, 1.54) is 6.17 Å². The Morgan fingerprint density at radius 2 is 2.12 bits per heavy atom. The van der Waals surface area contributed by atoms with Crippen LogP contribution in [0, 0.1) is 0 Å². The molecular formula is C5H15N2Si. The quantitative estimate of drug-likeness (QED) is 0.410. The monoisotopic (exact) mass is 131 g/mol. The summed E-state index contributed by atoms with van der Waals surface area (Å²) < 4.78 is 0. The Labute approximate surface area is 53.1 Å². The first-order chi connectivity index (χ1) is 3.77. The van der Waals surface area contributed by atoms with E-state index in [1.807, 2.05) is 0 Å². The van der Waals surface area contributed by atoms with Gasteiger partial charge in [0.2, 0.25) is 0 Å². The van der Waals surface area contributed by atoms with Crippen LogP contribution in [0.2, 0.25) is 13.1 Å². The van der Waals surface area contributed by atoms with E-state index in [9.17, 15) is 0 Å². The van der Waals surface area contributed by atoms with Crippen molar-refractivity contribution in [2.24, 2.45) is 5.73 Å². The minimum atomic E-state index is -0.0738.